The van der Waals surface area contributed by atoms with Crippen LogP contribution in [0.15, 0.2) is 30.3 Å². The fourth-order valence-electron chi connectivity index (χ4n) is 1.46. The lowest BCUT2D eigenvalue weighted by Crippen LogP contribution is -2.13. The normalized spacial score (nSPS) is 10.7. The molecule has 0 aliphatic rings. The Morgan fingerprint density at radius 3 is 2.85 bits per heavy atom. The van der Waals surface area contributed by atoms with Gasteiger partial charge >= 0.3 is 5.97 Å². The molecular weight excluding hydrogens is 262 g/mol. The van der Waals surface area contributed by atoms with Gasteiger partial charge in [-0.25, -0.2) is 4.79 Å². The van der Waals surface area contributed by atoms with Crippen LogP contribution in [0.1, 0.15) is 15.9 Å². The number of aliphatic carboxylic acids is 1. The van der Waals surface area contributed by atoms with E-state index in [1.54, 1.807) is 31.3 Å². The lowest BCUT2D eigenvalue weighted by molar-refractivity contribution is -0.131. The number of nitrogens with zero attached hydrogens (tertiary/aromatic N) is 4. The van der Waals surface area contributed by atoms with E-state index < -0.39 is 11.9 Å². The molecule has 0 fully saturated rings. The molecule has 0 saturated carbocycles. The van der Waals surface area contributed by atoms with Crippen molar-refractivity contribution >= 4 is 23.9 Å². The van der Waals surface area contributed by atoms with Crippen LogP contribution in [-0.2, 0) is 11.8 Å². The van der Waals surface area contributed by atoms with Gasteiger partial charge in [-0.15, -0.1) is 5.10 Å². The summed E-state index contributed by atoms with van der Waals surface area (Å²) < 4.78 is 0. The van der Waals surface area contributed by atoms with E-state index in [9.17, 15) is 9.59 Å². The highest BCUT2D eigenvalue weighted by Gasteiger charge is 2.09. The largest absolute Gasteiger partial charge is 0.478 e. The van der Waals surface area contributed by atoms with Crippen molar-refractivity contribution < 1.29 is 14.7 Å². The first kappa shape index (κ1) is 13.4. The fraction of sp³-hybridized carbons (Fsp3) is 0.0833. The SMILES string of the molecule is Cn1nnc(NC(=O)c2cccc(/C=C/C(=O)O)c2)n1. The van der Waals surface area contributed by atoms with Crippen LogP contribution in [0.25, 0.3) is 6.08 Å². The fourth-order valence-corrected chi connectivity index (χ4v) is 1.46. The predicted molar refractivity (Wildman–Crippen MR) is 69.9 cm³/mol. The molecular formula is C12H11N5O3. The van der Waals surface area contributed by atoms with Crippen molar-refractivity contribution in [1.29, 1.82) is 0 Å². The van der Waals surface area contributed by atoms with Crippen molar-refractivity contribution in [2.75, 3.05) is 5.32 Å². The Kier molecular flexibility index (Phi) is 3.85. The van der Waals surface area contributed by atoms with Crippen LogP contribution in [0.5, 0.6) is 0 Å². The molecule has 0 radical (unpaired) electrons. The minimum atomic E-state index is -1.05. The maximum Gasteiger partial charge on any atom is 0.328 e. The number of amides is 1. The summed E-state index contributed by atoms with van der Waals surface area (Å²) in [7, 11) is 1.58. The van der Waals surface area contributed by atoms with Crippen LogP contribution in [0.2, 0.25) is 0 Å². The zero-order valence-electron chi connectivity index (χ0n) is 10.5. The van der Waals surface area contributed by atoms with Crippen LogP contribution >= 0.6 is 0 Å². The number of rotatable bonds is 4. The third-order valence-electron chi connectivity index (χ3n) is 2.30. The lowest BCUT2D eigenvalue weighted by atomic mass is 10.1. The van der Waals surface area contributed by atoms with Crippen molar-refractivity contribution in [2.45, 2.75) is 0 Å². The second-order valence-corrected chi connectivity index (χ2v) is 3.85. The molecule has 1 amide bonds. The minimum Gasteiger partial charge on any atom is -0.478 e. The Morgan fingerprint density at radius 1 is 1.40 bits per heavy atom. The molecule has 20 heavy (non-hydrogen) atoms. The van der Waals surface area contributed by atoms with Gasteiger partial charge in [0.05, 0.1) is 7.05 Å². The first-order valence-corrected chi connectivity index (χ1v) is 5.61. The molecule has 0 spiro atoms. The number of carbonyl (C=O) groups is 2. The number of nitrogens with one attached hydrogen (secondary N) is 1. The Bertz CT molecular complexity index is 677. The van der Waals surface area contributed by atoms with Crippen molar-refractivity contribution in [3.8, 4) is 0 Å². The van der Waals surface area contributed by atoms with Gasteiger partial charge in [0, 0.05) is 11.6 Å². The second kappa shape index (κ2) is 5.74. The summed E-state index contributed by atoms with van der Waals surface area (Å²) in [6, 6.07) is 6.51. The number of tetrazole rings is 1. The molecule has 0 bridgehead atoms. The van der Waals surface area contributed by atoms with Crippen molar-refractivity contribution in [3.63, 3.8) is 0 Å². The number of hydrogen-bond acceptors (Lipinski definition) is 5. The molecule has 102 valence electrons. The third-order valence-corrected chi connectivity index (χ3v) is 2.30. The number of hydrogen-bond donors (Lipinski definition) is 2. The molecule has 0 aliphatic heterocycles. The van der Waals surface area contributed by atoms with Crippen LogP contribution in [0, 0.1) is 0 Å². The Balaban J connectivity index is 2.14. The summed E-state index contributed by atoms with van der Waals surface area (Å²) >= 11 is 0. The van der Waals surface area contributed by atoms with Gasteiger partial charge in [-0.2, -0.15) is 4.80 Å². The Hall–Kier alpha value is -3.03. The zero-order valence-corrected chi connectivity index (χ0v) is 10.5. The smallest absolute Gasteiger partial charge is 0.328 e. The first-order valence-electron chi connectivity index (χ1n) is 5.61. The summed E-state index contributed by atoms with van der Waals surface area (Å²) in [6.45, 7) is 0. The number of carboxylic acids is 1. The van der Waals surface area contributed by atoms with E-state index >= 15 is 0 Å². The van der Waals surface area contributed by atoms with E-state index in [-0.39, 0.29) is 5.95 Å². The summed E-state index contributed by atoms with van der Waals surface area (Å²) in [6.07, 6.45) is 2.40. The molecule has 0 saturated heterocycles. The quantitative estimate of drug-likeness (QED) is 0.787. The summed E-state index contributed by atoms with van der Waals surface area (Å²) in [5.41, 5.74) is 0.970. The predicted octanol–water partition coefficient (Wildman–Crippen LogP) is 0.560. The highest BCUT2D eigenvalue weighted by molar-refractivity contribution is 6.03. The van der Waals surface area contributed by atoms with Crippen LogP contribution < -0.4 is 5.32 Å². The van der Waals surface area contributed by atoms with Gasteiger partial charge in [0.1, 0.15) is 0 Å². The average molecular weight is 273 g/mol. The highest BCUT2D eigenvalue weighted by atomic mass is 16.4. The summed E-state index contributed by atoms with van der Waals surface area (Å²) in [5, 5.41) is 22.1. The molecule has 1 heterocycles. The van der Waals surface area contributed by atoms with E-state index in [4.69, 9.17) is 5.11 Å². The van der Waals surface area contributed by atoms with E-state index in [0.717, 1.165) is 6.08 Å². The molecule has 0 unspecified atom stereocenters. The van der Waals surface area contributed by atoms with Gasteiger partial charge < -0.3 is 5.11 Å². The topological polar surface area (TPSA) is 110 Å². The lowest BCUT2D eigenvalue weighted by Gasteiger charge is -2.01. The summed E-state index contributed by atoms with van der Waals surface area (Å²) in [5.74, 6) is -1.35. The van der Waals surface area contributed by atoms with Gasteiger partial charge in [0.2, 0.25) is 0 Å². The number of aryl methyl sites for hydroxylation is 1. The zero-order chi connectivity index (χ0) is 14.5. The Labute approximate surface area is 113 Å². The highest BCUT2D eigenvalue weighted by Crippen LogP contribution is 2.09. The number of carboxylic acid groups (broad SMARTS) is 1. The number of benzene rings is 1. The van der Waals surface area contributed by atoms with E-state index in [1.807, 2.05) is 0 Å². The molecule has 1 aromatic carbocycles. The molecule has 8 nitrogen and oxygen atoms in total. The maximum absolute atomic E-state index is 11.9. The van der Waals surface area contributed by atoms with E-state index in [1.165, 1.54) is 10.9 Å². The molecule has 8 heteroatoms. The van der Waals surface area contributed by atoms with Gasteiger partial charge in [-0.1, -0.05) is 17.2 Å². The van der Waals surface area contributed by atoms with E-state index in [0.29, 0.717) is 11.1 Å². The standard InChI is InChI=1S/C12H11N5O3/c1-17-15-12(14-16-17)13-11(20)9-4-2-3-8(7-9)5-6-10(18)19/h2-7H,1H3,(H,18,19)(H,13,15,20)/b6-5+. The van der Waals surface area contributed by atoms with Crippen LogP contribution in [-0.4, -0.2) is 37.2 Å². The van der Waals surface area contributed by atoms with Gasteiger partial charge in [-0.3, -0.25) is 10.1 Å². The molecule has 2 aromatic rings. The second-order valence-electron chi connectivity index (χ2n) is 3.85. The van der Waals surface area contributed by atoms with Crippen LogP contribution in [0.4, 0.5) is 5.95 Å². The van der Waals surface area contributed by atoms with Gasteiger partial charge in [0.15, 0.2) is 0 Å². The molecule has 0 aliphatic carbocycles. The van der Waals surface area contributed by atoms with E-state index in [2.05, 4.69) is 20.7 Å². The molecule has 1 aromatic heterocycles. The monoisotopic (exact) mass is 273 g/mol. The van der Waals surface area contributed by atoms with Crippen molar-refractivity contribution in [1.82, 2.24) is 20.2 Å². The minimum absolute atomic E-state index is 0.101. The molecule has 0 atom stereocenters. The van der Waals surface area contributed by atoms with Crippen molar-refractivity contribution in [2.24, 2.45) is 7.05 Å². The number of anilines is 1. The van der Waals surface area contributed by atoms with Crippen LogP contribution in [0.3, 0.4) is 0 Å². The third kappa shape index (κ3) is 3.48. The average Bonchev–Trinajstić information content (AvgIpc) is 2.82. The molecule has 2 N–H and O–H groups in total. The number of aromatic nitrogens is 4. The van der Waals surface area contributed by atoms with Gasteiger partial charge in [0.25, 0.3) is 11.9 Å². The number of carbonyl (C=O) groups excluding carboxylic acids is 1. The first-order chi connectivity index (χ1) is 9.54. The van der Waals surface area contributed by atoms with Crippen molar-refractivity contribution in [3.05, 3.63) is 41.5 Å². The Morgan fingerprint density at radius 2 is 2.20 bits per heavy atom. The summed E-state index contributed by atoms with van der Waals surface area (Å²) in [4.78, 5) is 23.6. The molecule has 2 rings (SSSR count). The van der Waals surface area contributed by atoms with Gasteiger partial charge in [-0.05, 0) is 29.0 Å². The maximum atomic E-state index is 11.9.